The second kappa shape index (κ2) is 5.29. The van der Waals surface area contributed by atoms with E-state index < -0.39 is 17.8 Å². The molecule has 0 aromatic heterocycles. The van der Waals surface area contributed by atoms with Gasteiger partial charge in [0.25, 0.3) is 0 Å². The average molecular weight is 287 g/mol. The van der Waals surface area contributed by atoms with Crippen LogP contribution < -0.4 is 0 Å². The van der Waals surface area contributed by atoms with Crippen LogP contribution in [0.4, 0.5) is 0 Å². The Morgan fingerprint density at radius 2 is 1.89 bits per heavy atom. The summed E-state index contributed by atoms with van der Waals surface area (Å²) in [5.74, 6) is -1.85. The SMILES string of the molecule is O=C(O)C1CCC(=O)C(c2c(Cl)cccc2Cl)C1. The number of ketones is 1. The van der Waals surface area contributed by atoms with E-state index in [1.165, 1.54) is 0 Å². The normalized spacial score (nSPS) is 24.0. The summed E-state index contributed by atoms with van der Waals surface area (Å²) >= 11 is 12.1. The van der Waals surface area contributed by atoms with Gasteiger partial charge in [0.05, 0.1) is 5.92 Å². The number of halogens is 2. The number of hydrogen-bond acceptors (Lipinski definition) is 2. The highest BCUT2D eigenvalue weighted by Gasteiger charge is 2.35. The van der Waals surface area contributed by atoms with Crippen molar-refractivity contribution in [1.29, 1.82) is 0 Å². The Balaban J connectivity index is 2.36. The Hall–Kier alpha value is -1.06. The van der Waals surface area contributed by atoms with Gasteiger partial charge in [-0.3, -0.25) is 9.59 Å². The summed E-state index contributed by atoms with van der Waals surface area (Å²) in [7, 11) is 0. The molecule has 2 atom stereocenters. The fourth-order valence-electron chi connectivity index (χ4n) is 2.37. The Morgan fingerprint density at radius 3 is 2.44 bits per heavy atom. The molecule has 1 N–H and O–H groups in total. The predicted octanol–water partition coefficient (Wildman–Crippen LogP) is 3.53. The maximum Gasteiger partial charge on any atom is 0.306 e. The number of carboxylic acid groups (broad SMARTS) is 1. The van der Waals surface area contributed by atoms with E-state index in [0.717, 1.165) is 0 Å². The first-order chi connectivity index (χ1) is 8.50. The molecular formula is C13H12Cl2O3. The van der Waals surface area contributed by atoms with Crippen LogP contribution in [0.3, 0.4) is 0 Å². The van der Waals surface area contributed by atoms with Crippen molar-refractivity contribution in [3.63, 3.8) is 0 Å². The summed E-state index contributed by atoms with van der Waals surface area (Å²) in [5.41, 5.74) is 0.566. The van der Waals surface area contributed by atoms with E-state index in [9.17, 15) is 9.59 Å². The second-order valence-corrected chi connectivity index (χ2v) is 5.28. The lowest BCUT2D eigenvalue weighted by Crippen LogP contribution is -2.28. The highest BCUT2D eigenvalue weighted by atomic mass is 35.5. The zero-order valence-corrected chi connectivity index (χ0v) is 11.0. The molecule has 0 saturated heterocycles. The number of aliphatic carboxylic acids is 1. The summed E-state index contributed by atoms with van der Waals surface area (Å²) < 4.78 is 0. The first-order valence-corrected chi connectivity index (χ1v) is 6.45. The van der Waals surface area contributed by atoms with E-state index in [0.29, 0.717) is 22.0 Å². The molecule has 0 aliphatic heterocycles. The molecule has 18 heavy (non-hydrogen) atoms. The minimum absolute atomic E-state index is 0.0162. The third kappa shape index (κ3) is 2.52. The summed E-state index contributed by atoms with van der Waals surface area (Å²) in [6, 6.07) is 5.04. The molecule has 1 aromatic rings. The van der Waals surface area contributed by atoms with Crippen LogP contribution in [0.2, 0.25) is 10.0 Å². The topological polar surface area (TPSA) is 54.4 Å². The number of Topliss-reactive ketones (excluding diaryl/α,β-unsaturated/α-hetero) is 1. The van der Waals surface area contributed by atoms with Crippen molar-refractivity contribution in [3.8, 4) is 0 Å². The lowest BCUT2D eigenvalue weighted by atomic mass is 9.77. The van der Waals surface area contributed by atoms with Gasteiger partial charge in [-0.25, -0.2) is 0 Å². The predicted molar refractivity (Wildman–Crippen MR) is 69.2 cm³/mol. The van der Waals surface area contributed by atoms with Crippen molar-refractivity contribution in [2.75, 3.05) is 0 Å². The van der Waals surface area contributed by atoms with Crippen molar-refractivity contribution < 1.29 is 14.7 Å². The molecule has 5 heteroatoms. The molecular weight excluding hydrogens is 275 g/mol. The van der Waals surface area contributed by atoms with E-state index in [1.54, 1.807) is 18.2 Å². The zero-order chi connectivity index (χ0) is 13.3. The first kappa shape index (κ1) is 13.4. The highest BCUT2D eigenvalue weighted by Crippen LogP contribution is 2.40. The maximum atomic E-state index is 12.0. The molecule has 0 bridgehead atoms. The zero-order valence-electron chi connectivity index (χ0n) is 9.53. The third-order valence-electron chi connectivity index (χ3n) is 3.35. The summed E-state index contributed by atoms with van der Waals surface area (Å²) in [6.07, 6.45) is 0.938. The van der Waals surface area contributed by atoms with Gasteiger partial charge in [-0.1, -0.05) is 29.3 Å². The van der Waals surface area contributed by atoms with Gasteiger partial charge in [-0.05, 0) is 30.5 Å². The number of rotatable bonds is 2. The molecule has 2 rings (SSSR count). The van der Waals surface area contributed by atoms with Crippen LogP contribution in [0.15, 0.2) is 18.2 Å². The molecule has 1 aliphatic carbocycles. The molecule has 96 valence electrons. The van der Waals surface area contributed by atoms with Gasteiger partial charge in [0.2, 0.25) is 0 Å². The quantitative estimate of drug-likeness (QED) is 0.905. The largest absolute Gasteiger partial charge is 0.481 e. The third-order valence-corrected chi connectivity index (χ3v) is 4.00. The standard InChI is InChI=1S/C13H12Cl2O3/c14-9-2-1-3-10(15)12(9)8-6-7(13(17)18)4-5-11(8)16/h1-3,7-8H,4-6H2,(H,17,18). The Kier molecular flexibility index (Phi) is 3.93. The van der Waals surface area contributed by atoms with Gasteiger partial charge in [-0.2, -0.15) is 0 Å². The number of carbonyl (C=O) groups excluding carboxylic acids is 1. The van der Waals surface area contributed by atoms with Crippen molar-refractivity contribution in [2.24, 2.45) is 5.92 Å². The van der Waals surface area contributed by atoms with Gasteiger partial charge in [-0.15, -0.1) is 0 Å². The van der Waals surface area contributed by atoms with Gasteiger partial charge >= 0.3 is 5.97 Å². The molecule has 2 unspecified atom stereocenters. The fourth-order valence-corrected chi connectivity index (χ4v) is 3.03. The van der Waals surface area contributed by atoms with Crippen LogP contribution in [0.1, 0.15) is 30.7 Å². The monoisotopic (exact) mass is 286 g/mol. The second-order valence-electron chi connectivity index (χ2n) is 4.46. The van der Waals surface area contributed by atoms with Gasteiger partial charge in [0, 0.05) is 22.4 Å². The number of carbonyl (C=O) groups is 2. The molecule has 0 heterocycles. The van der Waals surface area contributed by atoms with Crippen LogP contribution in [-0.4, -0.2) is 16.9 Å². The lowest BCUT2D eigenvalue weighted by molar-refractivity contribution is -0.143. The Morgan fingerprint density at radius 1 is 1.28 bits per heavy atom. The summed E-state index contributed by atoms with van der Waals surface area (Å²) in [4.78, 5) is 23.0. The first-order valence-electron chi connectivity index (χ1n) is 5.70. The van der Waals surface area contributed by atoms with Crippen LogP contribution >= 0.6 is 23.2 Å². The van der Waals surface area contributed by atoms with E-state index in [2.05, 4.69) is 0 Å². The minimum atomic E-state index is -0.865. The van der Waals surface area contributed by atoms with Gasteiger partial charge < -0.3 is 5.11 Å². The average Bonchev–Trinajstić information content (AvgIpc) is 2.30. The van der Waals surface area contributed by atoms with Crippen molar-refractivity contribution in [1.82, 2.24) is 0 Å². The summed E-state index contributed by atoms with van der Waals surface area (Å²) in [5, 5.41) is 9.90. The van der Waals surface area contributed by atoms with Crippen molar-refractivity contribution >= 4 is 35.0 Å². The number of carboxylic acids is 1. The number of hydrogen-bond donors (Lipinski definition) is 1. The maximum absolute atomic E-state index is 12.0. The van der Waals surface area contributed by atoms with E-state index in [-0.39, 0.29) is 18.6 Å². The van der Waals surface area contributed by atoms with Crippen LogP contribution in [0, 0.1) is 5.92 Å². The van der Waals surface area contributed by atoms with Gasteiger partial charge in [0.1, 0.15) is 5.78 Å². The molecule has 0 amide bonds. The lowest BCUT2D eigenvalue weighted by Gasteiger charge is -2.27. The minimum Gasteiger partial charge on any atom is -0.481 e. The Bertz CT molecular complexity index is 479. The Labute approximate surface area is 115 Å². The highest BCUT2D eigenvalue weighted by molar-refractivity contribution is 6.36. The molecule has 1 aliphatic rings. The molecule has 1 saturated carbocycles. The van der Waals surface area contributed by atoms with E-state index >= 15 is 0 Å². The smallest absolute Gasteiger partial charge is 0.306 e. The van der Waals surface area contributed by atoms with Crippen LogP contribution in [0.5, 0.6) is 0 Å². The molecule has 3 nitrogen and oxygen atoms in total. The van der Waals surface area contributed by atoms with Gasteiger partial charge in [0.15, 0.2) is 0 Å². The fraction of sp³-hybridized carbons (Fsp3) is 0.385. The molecule has 0 spiro atoms. The molecule has 1 fully saturated rings. The summed E-state index contributed by atoms with van der Waals surface area (Å²) in [6.45, 7) is 0. The molecule has 0 radical (unpaired) electrons. The molecule has 1 aromatic carbocycles. The van der Waals surface area contributed by atoms with Crippen molar-refractivity contribution in [2.45, 2.75) is 25.2 Å². The van der Waals surface area contributed by atoms with E-state index in [1.807, 2.05) is 0 Å². The number of benzene rings is 1. The van der Waals surface area contributed by atoms with Crippen molar-refractivity contribution in [3.05, 3.63) is 33.8 Å². The van der Waals surface area contributed by atoms with E-state index in [4.69, 9.17) is 28.3 Å². The van der Waals surface area contributed by atoms with Crippen LogP contribution in [0.25, 0.3) is 0 Å². The van der Waals surface area contributed by atoms with Crippen LogP contribution in [-0.2, 0) is 9.59 Å².